The van der Waals surface area contributed by atoms with Crippen molar-refractivity contribution in [3.63, 3.8) is 0 Å². The maximum absolute atomic E-state index is 13.4. The fourth-order valence-electron chi connectivity index (χ4n) is 5.13. The van der Waals surface area contributed by atoms with E-state index in [0.717, 1.165) is 42.4 Å². The first-order valence-electron chi connectivity index (χ1n) is 11.6. The Kier molecular flexibility index (Phi) is 5.61. The lowest BCUT2D eigenvalue weighted by Crippen LogP contribution is -2.43. The van der Waals surface area contributed by atoms with Gasteiger partial charge in [-0.1, -0.05) is 44.0 Å². The molecule has 1 saturated carbocycles. The molecule has 10 heteroatoms. The number of rotatable bonds is 5. The number of carbonyl (C=O) groups is 1. The molecule has 1 atom stereocenters. The molecule has 1 saturated heterocycles. The van der Waals surface area contributed by atoms with Crippen LogP contribution in [0.2, 0.25) is 10.2 Å². The van der Waals surface area contributed by atoms with E-state index in [1.54, 1.807) is 4.57 Å². The molecule has 34 heavy (non-hydrogen) atoms. The summed E-state index contributed by atoms with van der Waals surface area (Å²) in [5.74, 6) is 1.27. The van der Waals surface area contributed by atoms with Crippen LogP contribution in [0.1, 0.15) is 55.5 Å². The summed E-state index contributed by atoms with van der Waals surface area (Å²) in [7, 11) is 3.70. The third-order valence-corrected chi connectivity index (χ3v) is 8.00. The lowest BCUT2D eigenvalue weighted by atomic mass is 9.86. The molecule has 1 aliphatic carbocycles. The highest BCUT2D eigenvalue weighted by Crippen LogP contribution is 2.52. The number of hydrogen-bond donors (Lipinski definition) is 3. The molecule has 3 N–H and O–H groups in total. The van der Waals surface area contributed by atoms with Crippen molar-refractivity contribution < 1.29 is 4.79 Å². The minimum Gasteiger partial charge on any atom is -0.361 e. The van der Waals surface area contributed by atoms with Gasteiger partial charge >= 0.3 is 0 Å². The number of likely N-dealkylation sites (N-methyl/N-ethyl adjacent to an activating group) is 1. The standard InChI is InChI=1S/C24H31Cl2N7O/c1-23(2,3)14-8-13-16(9-15(14)25)30-31-21(13)28-11-18-29-20(26)19(33(18)5)22(34)32(4)17-10-27-12-24(17)6-7-24/h8-9,17,27H,6-7,10-12H2,1-5H3,(H2,28,30,31)/t17-/m1/s1. The number of hydrogen-bond acceptors (Lipinski definition) is 5. The topological polar surface area (TPSA) is 90.9 Å². The van der Waals surface area contributed by atoms with E-state index in [1.165, 1.54) is 0 Å². The largest absolute Gasteiger partial charge is 0.361 e. The summed E-state index contributed by atoms with van der Waals surface area (Å²) in [6.45, 7) is 8.56. The molecular formula is C24H31Cl2N7O. The Bertz CT molecular complexity index is 1270. The number of nitrogens with one attached hydrogen (secondary N) is 3. The minimum atomic E-state index is -0.0964. The number of benzene rings is 1. The zero-order valence-corrected chi connectivity index (χ0v) is 21.7. The first-order valence-corrected chi connectivity index (χ1v) is 12.4. The minimum absolute atomic E-state index is 0.0951. The van der Waals surface area contributed by atoms with E-state index in [4.69, 9.17) is 23.2 Å². The second-order valence-corrected chi connectivity index (χ2v) is 11.5. The van der Waals surface area contributed by atoms with Crippen LogP contribution in [0.4, 0.5) is 5.82 Å². The molecule has 1 amide bonds. The van der Waals surface area contributed by atoms with E-state index in [1.807, 2.05) is 25.1 Å². The zero-order valence-electron chi connectivity index (χ0n) is 20.2. The average molecular weight is 504 g/mol. The lowest BCUT2D eigenvalue weighted by molar-refractivity contribution is 0.0688. The van der Waals surface area contributed by atoms with Gasteiger partial charge in [0.05, 0.1) is 18.1 Å². The van der Waals surface area contributed by atoms with E-state index in [2.05, 4.69) is 52.7 Å². The summed E-state index contributed by atoms with van der Waals surface area (Å²) < 4.78 is 1.78. The van der Waals surface area contributed by atoms with Crippen molar-refractivity contribution in [3.05, 3.63) is 39.4 Å². The molecule has 1 aromatic carbocycles. The molecular weight excluding hydrogens is 473 g/mol. The Morgan fingerprint density at radius 1 is 1.32 bits per heavy atom. The smallest absolute Gasteiger partial charge is 0.273 e. The van der Waals surface area contributed by atoms with Gasteiger partial charge in [0.25, 0.3) is 5.91 Å². The highest BCUT2D eigenvalue weighted by molar-refractivity contribution is 6.32. The maximum Gasteiger partial charge on any atom is 0.273 e. The number of anilines is 1. The van der Waals surface area contributed by atoms with E-state index >= 15 is 0 Å². The molecule has 0 unspecified atom stereocenters. The summed E-state index contributed by atoms with van der Waals surface area (Å²) in [6, 6.07) is 4.17. The Morgan fingerprint density at radius 3 is 2.74 bits per heavy atom. The van der Waals surface area contributed by atoms with Crippen molar-refractivity contribution in [3.8, 4) is 0 Å². The third-order valence-electron chi connectivity index (χ3n) is 7.42. The number of carbonyl (C=O) groups excluding carboxylic acids is 1. The molecule has 8 nitrogen and oxygen atoms in total. The Labute approximate surface area is 209 Å². The van der Waals surface area contributed by atoms with Gasteiger partial charge < -0.3 is 20.1 Å². The number of halogens is 2. The van der Waals surface area contributed by atoms with E-state index < -0.39 is 0 Å². The number of nitrogens with zero attached hydrogens (tertiary/aromatic N) is 4. The Hall–Kier alpha value is -2.29. The number of imidazole rings is 1. The van der Waals surface area contributed by atoms with Gasteiger partial charge in [0.1, 0.15) is 11.5 Å². The van der Waals surface area contributed by atoms with Gasteiger partial charge in [-0.05, 0) is 36.0 Å². The number of amides is 1. The van der Waals surface area contributed by atoms with Crippen LogP contribution in [0.25, 0.3) is 10.9 Å². The van der Waals surface area contributed by atoms with Gasteiger partial charge in [0, 0.05) is 43.0 Å². The fourth-order valence-corrected chi connectivity index (χ4v) is 5.88. The van der Waals surface area contributed by atoms with Crippen LogP contribution < -0.4 is 10.6 Å². The molecule has 182 valence electrons. The van der Waals surface area contributed by atoms with Gasteiger partial charge in [-0.3, -0.25) is 9.89 Å². The van der Waals surface area contributed by atoms with Gasteiger partial charge in [-0.25, -0.2) is 4.98 Å². The second kappa shape index (κ2) is 8.14. The zero-order chi connectivity index (χ0) is 24.4. The van der Waals surface area contributed by atoms with Crippen molar-refractivity contribution in [2.45, 2.75) is 51.6 Å². The molecule has 2 aliphatic rings. The van der Waals surface area contributed by atoms with Crippen molar-refractivity contribution in [2.24, 2.45) is 12.5 Å². The third kappa shape index (κ3) is 3.85. The van der Waals surface area contributed by atoms with Crippen LogP contribution >= 0.6 is 23.2 Å². The lowest BCUT2D eigenvalue weighted by Gasteiger charge is -2.29. The van der Waals surface area contributed by atoms with Gasteiger partial charge in [-0.2, -0.15) is 5.10 Å². The SMILES string of the molecule is CN(C(=O)c1c(Cl)nc(CNc2n[nH]c3cc(Cl)c(C(C)(C)C)cc23)n1C)[C@@H]1CNCC12CC2. The average Bonchev–Trinajstić information content (AvgIpc) is 3.11. The molecule has 1 spiro atoms. The normalized spacial score (nSPS) is 19.2. The molecule has 3 aromatic rings. The van der Waals surface area contributed by atoms with Crippen LogP contribution in [0.5, 0.6) is 0 Å². The highest BCUT2D eigenvalue weighted by Gasteiger charge is 2.54. The summed E-state index contributed by atoms with van der Waals surface area (Å²) in [6.07, 6.45) is 2.33. The summed E-state index contributed by atoms with van der Waals surface area (Å²) in [4.78, 5) is 19.7. The van der Waals surface area contributed by atoms with Crippen molar-refractivity contribution in [1.82, 2.24) is 30.0 Å². The molecule has 5 rings (SSSR count). The summed E-state index contributed by atoms with van der Waals surface area (Å²) in [5, 5.41) is 16.1. The van der Waals surface area contributed by atoms with Gasteiger partial charge in [-0.15, -0.1) is 0 Å². The first-order chi connectivity index (χ1) is 16.0. The fraction of sp³-hybridized carbons (Fsp3) is 0.542. The van der Waals surface area contributed by atoms with Crippen molar-refractivity contribution in [2.75, 3.05) is 25.5 Å². The predicted molar refractivity (Wildman–Crippen MR) is 136 cm³/mol. The van der Waals surface area contributed by atoms with Gasteiger partial charge in [0.2, 0.25) is 0 Å². The highest BCUT2D eigenvalue weighted by atomic mass is 35.5. The monoisotopic (exact) mass is 503 g/mol. The second-order valence-electron chi connectivity index (χ2n) is 10.7. The van der Waals surface area contributed by atoms with Crippen molar-refractivity contribution >= 4 is 45.8 Å². The number of fused-ring (bicyclic) bond motifs is 1. The molecule has 3 heterocycles. The van der Waals surface area contributed by atoms with Crippen LogP contribution in [-0.4, -0.2) is 56.7 Å². The first kappa shape index (κ1) is 23.5. The molecule has 2 aromatic heterocycles. The molecule has 1 aliphatic heterocycles. The number of aromatic amines is 1. The van der Waals surface area contributed by atoms with Gasteiger partial charge in [0.15, 0.2) is 11.0 Å². The Morgan fingerprint density at radius 2 is 2.06 bits per heavy atom. The van der Waals surface area contributed by atoms with Crippen LogP contribution in [0.15, 0.2) is 12.1 Å². The molecule has 2 fully saturated rings. The molecule has 0 radical (unpaired) electrons. The van der Waals surface area contributed by atoms with E-state index in [-0.39, 0.29) is 27.9 Å². The quantitative estimate of drug-likeness (QED) is 0.481. The van der Waals surface area contributed by atoms with Crippen LogP contribution in [-0.2, 0) is 19.0 Å². The predicted octanol–water partition coefficient (Wildman–Crippen LogP) is 4.34. The number of H-pyrrole nitrogens is 1. The van der Waals surface area contributed by atoms with Crippen LogP contribution in [0.3, 0.4) is 0 Å². The summed E-state index contributed by atoms with van der Waals surface area (Å²) in [5.41, 5.74) is 2.46. The van der Waals surface area contributed by atoms with Crippen LogP contribution in [0, 0.1) is 5.41 Å². The molecule has 0 bridgehead atoms. The Balaban J connectivity index is 1.37. The summed E-state index contributed by atoms with van der Waals surface area (Å²) >= 11 is 13.0. The maximum atomic E-state index is 13.4. The van der Waals surface area contributed by atoms with Crippen molar-refractivity contribution in [1.29, 1.82) is 0 Å². The van der Waals surface area contributed by atoms with E-state index in [9.17, 15) is 4.79 Å². The number of aromatic nitrogens is 4. The van der Waals surface area contributed by atoms with E-state index in [0.29, 0.717) is 28.9 Å².